The van der Waals surface area contributed by atoms with E-state index in [-0.39, 0.29) is 22.6 Å². The van der Waals surface area contributed by atoms with Gasteiger partial charge in [0.15, 0.2) is 11.3 Å². The maximum absolute atomic E-state index is 14.0. The number of hydrogen-bond donors (Lipinski definition) is 1. The van der Waals surface area contributed by atoms with Crippen molar-refractivity contribution in [3.8, 4) is 11.3 Å². The van der Waals surface area contributed by atoms with Gasteiger partial charge in [0, 0.05) is 24.7 Å². The summed E-state index contributed by atoms with van der Waals surface area (Å²) in [6, 6.07) is 11.9. The van der Waals surface area contributed by atoms with E-state index in [9.17, 15) is 18.7 Å². The molecular weight excluding hydrogens is 437 g/mol. The zero-order chi connectivity index (χ0) is 21.6. The molecule has 0 unspecified atom stereocenters. The van der Waals surface area contributed by atoms with Crippen LogP contribution in [0.1, 0.15) is 10.5 Å². The highest BCUT2D eigenvalue weighted by Crippen LogP contribution is 2.34. The summed E-state index contributed by atoms with van der Waals surface area (Å²) in [6.45, 7) is 0. The Bertz CT molecular complexity index is 1290. The lowest BCUT2D eigenvalue weighted by Gasteiger charge is -2.22. The fourth-order valence-corrected chi connectivity index (χ4v) is 3.37. The molecule has 2 heterocycles. The minimum absolute atomic E-state index is 0.129. The molecule has 0 spiro atoms. The molecule has 10 heteroatoms. The molecule has 1 N–H and O–H groups in total. The number of aromatic nitrogens is 3. The van der Waals surface area contributed by atoms with Crippen LogP contribution in [0.5, 0.6) is 0 Å². The average Bonchev–Trinajstić information content (AvgIpc) is 3.15. The Morgan fingerprint density at radius 3 is 2.40 bits per heavy atom. The first-order valence-corrected chi connectivity index (χ1v) is 9.29. The third kappa shape index (κ3) is 3.44. The van der Waals surface area contributed by atoms with Crippen molar-refractivity contribution < 1.29 is 18.7 Å². The first-order chi connectivity index (χ1) is 14.3. The van der Waals surface area contributed by atoms with Gasteiger partial charge in [-0.25, -0.2) is 18.6 Å². The van der Waals surface area contributed by atoms with Gasteiger partial charge in [0.25, 0.3) is 0 Å². The number of halogens is 4. The van der Waals surface area contributed by atoms with Crippen LogP contribution in [-0.4, -0.2) is 32.7 Å². The molecule has 0 fully saturated rings. The van der Waals surface area contributed by atoms with E-state index in [0.717, 1.165) is 12.1 Å². The van der Waals surface area contributed by atoms with Crippen molar-refractivity contribution in [2.24, 2.45) is 0 Å². The highest BCUT2D eigenvalue weighted by atomic mass is 35.5. The molecule has 0 aliphatic carbocycles. The summed E-state index contributed by atoms with van der Waals surface area (Å²) in [5, 5.41) is 13.2. The monoisotopic (exact) mass is 448 g/mol. The van der Waals surface area contributed by atoms with E-state index in [0.29, 0.717) is 16.5 Å². The molecule has 0 saturated heterocycles. The van der Waals surface area contributed by atoms with Gasteiger partial charge in [0.2, 0.25) is 0 Å². The highest BCUT2D eigenvalue weighted by Gasteiger charge is 2.19. The van der Waals surface area contributed by atoms with Crippen LogP contribution in [0.4, 0.5) is 20.3 Å². The SMILES string of the molecule is CN(c1ccccc1Cl)c1cc(-c2cc(F)c(Cl)c(F)c2)nc2cc(C(=O)O)nn12. The number of fused-ring (bicyclic) bond motifs is 1. The third-order valence-electron chi connectivity index (χ3n) is 4.46. The molecule has 0 amide bonds. The molecule has 4 aromatic rings. The van der Waals surface area contributed by atoms with Gasteiger partial charge in [-0.05, 0) is 24.3 Å². The molecule has 6 nitrogen and oxygen atoms in total. The van der Waals surface area contributed by atoms with Crippen molar-refractivity contribution in [3.05, 3.63) is 75.9 Å². The lowest BCUT2D eigenvalue weighted by atomic mass is 10.1. The van der Waals surface area contributed by atoms with Crippen LogP contribution in [0.3, 0.4) is 0 Å². The largest absolute Gasteiger partial charge is 0.476 e. The second kappa shape index (κ2) is 7.55. The first kappa shape index (κ1) is 20.1. The molecule has 152 valence electrons. The maximum atomic E-state index is 14.0. The Kier molecular flexibility index (Phi) is 5.05. The number of nitrogens with zero attached hydrogens (tertiary/aromatic N) is 4. The minimum Gasteiger partial charge on any atom is -0.476 e. The number of carboxylic acids is 1. The van der Waals surface area contributed by atoms with Crippen molar-refractivity contribution in [2.75, 3.05) is 11.9 Å². The molecule has 0 aliphatic rings. The van der Waals surface area contributed by atoms with Crippen LogP contribution in [-0.2, 0) is 0 Å². The Morgan fingerprint density at radius 2 is 1.77 bits per heavy atom. The van der Waals surface area contributed by atoms with Crippen molar-refractivity contribution in [1.82, 2.24) is 14.6 Å². The van der Waals surface area contributed by atoms with Crippen molar-refractivity contribution in [2.45, 2.75) is 0 Å². The van der Waals surface area contributed by atoms with Crippen LogP contribution in [0.15, 0.2) is 48.5 Å². The molecule has 2 aromatic heterocycles. The van der Waals surface area contributed by atoms with E-state index in [4.69, 9.17) is 23.2 Å². The van der Waals surface area contributed by atoms with Crippen LogP contribution in [0.2, 0.25) is 10.0 Å². The molecule has 2 aromatic carbocycles. The zero-order valence-corrected chi connectivity index (χ0v) is 16.8. The Morgan fingerprint density at radius 1 is 1.10 bits per heavy atom. The Hall–Kier alpha value is -3.23. The summed E-state index contributed by atoms with van der Waals surface area (Å²) in [6.07, 6.45) is 0. The number of hydrogen-bond acceptors (Lipinski definition) is 4. The fraction of sp³-hybridized carbons (Fsp3) is 0.0500. The quantitative estimate of drug-likeness (QED) is 0.420. The van der Waals surface area contributed by atoms with Crippen LogP contribution in [0.25, 0.3) is 16.9 Å². The highest BCUT2D eigenvalue weighted by molar-refractivity contribution is 6.33. The molecule has 30 heavy (non-hydrogen) atoms. The van der Waals surface area contributed by atoms with Crippen LogP contribution >= 0.6 is 23.2 Å². The lowest BCUT2D eigenvalue weighted by Crippen LogP contribution is -2.15. The smallest absolute Gasteiger partial charge is 0.356 e. The first-order valence-electron chi connectivity index (χ1n) is 8.53. The van der Waals surface area contributed by atoms with Crippen molar-refractivity contribution in [1.29, 1.82) is 0 Å². The number of rotatable bonds is 4. The van der Waals surface area contributed by atoms with Gasteiger partial charge in [-0.3, -0.25) is 0 Å². The number of carboxylic acid groups (broad SMARTS) is 1. The van der Waals surface area contributed by atoms with E-state index < -0.39 is 22.6 Å². The van der Waals surface area contributed by atoms with Gasteiger partial charge in [-0.1, -0.05) is 35.3 Å². The summed E-state index contributed by atoms with van der Waals surface area (Å²) in [7, 11) is 1.70. The van der Waals surface area contributed by atoms with E-state index >= 15 is 0 Å². The Balaban J connectivity index is 1.98. The normalized spacial score (nSPS) is 11.1. The van der Waals surface area contributed by atoms with Gasteiger partial charge in [0.1, 0.15) is 22.5 Å². The molecular formula is C20H12Cl2F2N4O2. The number of benzene rings is 2. The molecule has 0 saturated carbocycles. The van der Waals surface area contributed by atoms with Crippen LogP contribution < -0.4 is 4.90 Å². The van der Waals surface area contributed by atoms with Crippen LogP contribution in [0, 0.1) is 11.6 Å². The van der Waals surface area contributed by atoms with Crippen molar-refractivity contribution >= 4 is 46.3 Å². The summed E-state index contributed by atoms with van der Waals surface area (Å²) < 4.78 is 29.3. The van der Waals surface area contributed by atoms with E-state index in [1.165, 1.54) is 16.6 Å². The molecule has 4 rings (SSSR count). The predicted molar refractivity (Wildman–Crippen MR) is 110 cm³/mol. The molecule has 0 bridgehead atoms. The summed E-state index contributed by atoms with van der Waals surface area (Å²) >= 11 is 11.9. The van der Waals surface area contributed by atoms with E-state index in [2.05, 4.69) is 10.1 Å². The second-order valence-electron chi connectivity index (χ2n) is 6.37. The van der Waals surface area contributed by atoms with Gasteiger partial charge >= 0.3 is 5.97 Å². The van der Waals surface area contributed by atoms with Gasteiger partial charge in [-0.2, -0.15) is 9.61 Å². The average molecular weight is 449 g/mol. The van der Waals surface area contributed by atoms with Gasteiger partial charge in [0.05, 0.1) is 16.4 Å². The lowest BCUT2D eigenvalue weighted by molar-refractivity contribution is 0.0690. The maximum Gasteiger partial charge on any atom is 0.356 e. The van der Waals surface area contributed by atoms with E-state index in [1.54, 1.807) is 36.2 Å². The third-order valence-corrected chi connectivity index (χ3v) is 5.15. The molecule has 0 atom stereocenters. The van der Waals surface area contributed by atoms with Gasteiger partial charge < -0.3 is 10.0 Å². The predicted octanol–water partition coefficient (Wildman–Crippen LogP) is 5.45. The van der Waals surface area contributed by atoms with Crippen molar-refractivity contribution in [3.63, 3.8) is 0 Å². The molecule has 0 radical (unpaired) electrons. The van der Waals surface area contributed by atoms with Gasteiger partial charge in [-0.15, -0.1) is 0 Å². The minimum atomic E-state index is -1.24. The number of carbonyl (C=O) groups is 1. The Labute approximate surface area is 178 Å². The molecule has 0 aliphatic heterocycles. The summed E-state index contributed by atoms with van der Waals surface area (Å²) in [5.41, 5.74) is 0.876. The number of aromatic carboxylic acids is 1. The standard InChI is InChI=1S/C20H12Cl2F2N4O2/c1-27(16-5-3-2-4-11(16)21)18-9-14(10-6-12(23)19(22)13(24)7-10)25-17-8-15(20(29)30)26-28(17)18/h2-9H,1H3,(H,29,30). The number of para-hydroxylation sites is 1. The fourth-order valence-electron chi connectivity index (χ4n) is 3.00. The summed E-state index contributed by atoms with van der Waals surface area (Å²) in [5.74, 6) is -2.73. The second-order valence-corrected chi connectivity index (χ2v) is 7.15. The topological polar surface area (TPSA) is 70.7 Å². The van der Waals surface area contributed by atoms with E-state index in [1.807, 2.05) is 0 Å². The summed E-state index contributed by atoms with van der Waals surface area (Å²) in [4.78, 5) is 17.4. The zero-order valence-electron chi connectivity index (χ0n) is 15.3. The number of anilines is 2.